The van der Waals surface area contributed by atoms with Crippen molar-refractivity contribution in [1.82, 2.24) is 5.32 Å². The molecule has 4 nitrogen and oxygen atoms in total. The highest BCUT2D eigenvalue weighted by Gasteiger charge is 2.32. The van der Waals surface area contributed by atoms with Gasteiger partial charge in [-0.25, -0.2) is 4.79 Å². The van der Waals surface area contributed by atoms with Gasteiger partial charge in [0, 0.05) is 11.6 Å². The first-order valence-electron chi connectivity index (χ1n) is 6.55. The molecule has 1 aliphatic carbocycles. The Morgan fingerprint density at radius 2 is 1.89 bits per heavy atom. The Morgan fingerprint density at radius 1 is 1.26 bits per heavy atom. The fraction of sp³-hybridized carbons (Fsp3) is 0.533. The van der Waals surface area contributed by atoms with Crippen LogP contribution < -0.4 is 10.1 Å². The smallest absolute Gasteiger partial charge is 0.327 e. The van der Waals surface area contributed by atoms with Crippen molar-refractivity contribution in [2.45, 2.75) is 38.8 Å². The van der Waals surface area contributed by atoms with Crippen molar-refractivity contribution in [2.24, 2.45) is 0 Å². The van der Waals surface area contributed by atoms with E-state index in [1.165, 1.54) is 7.11 Å². The van der Waals surface area contributed by atoms with Gasteiger partial charge >= 0.3 is 5.97 Å². The van der Waals surface area contributed by atoms with E-state index in [-0.39, 0.29) is 5.97 Å². The topological polar surface area (TPSA) is 47.6 Å². The summed E-state index contributed by atoms with van der Waals surface area (Å²) in [7, 11) is 3.04. The minimum Gasteiger partial charge on any atom is -0.496 e. The maximum absolute atomic E-state index is 12.0. The lowest BCUT2D eigenvalue weighted by atomic mass is 9.99. The number of nitrogens with one attached hydrogen (secondary N) is 1. The zero-order valence-electron chi connectivity index (χ0n) is 11.9. The third-order valence-electron chi connectivity index (χ3n) is 3.57. The number of esters is 1. The molecular formula is C15H21NO3. The summed E-state index contributed by atoms with van der Waals surface area (Å²) in [6.07, 6.45) is 2.22. The SMILES string of the molecule is COC(=O)C(NC1CC1)c1cc(C)c(C)cc1OC. The van der Waals surface area contributed by atoms with Crippen LogP contribution in [0, 0.1) is 13.8 Å². The largest absolute Gasteiger partial charge is 0.496 e. The van der Waals surface area contributed by atoms with Gasteiger partial charge in [-0.2, -0.15) is 0 Å². The standard InChI is InChI=1S/C15H21NO3/c1-9-7-12(13(18-3)8-10(9)2)14(15(17)19-4)16-11-5-6-11/h7-8,11,14,16H,5-6H2,1-4H3. The molecule has 0 spiro atoms. The third-order valence-corrected chi connectivity index (χ3v) is 3.57. The molecule has 0 saturated heterocycles. The van der Waals surface area contributed by atoms with E-state index in [9.17, 15) is 4.79 Å². The lowest BCUT2D eigenvalue weighted by molar-refractivity contribution is -0.143. The molecule has 0 amide bonds. The maximum atomic E-state index is 12.0. The summed E-state index contributed by atoms with van der Waals surface area (Å²) in [4.78, 5) is 12.0. The molecule has 1 aliphatic rings. The lowest BCUT2D eigenvalue weighted by Gasteiger charge is -2.20. The summed E-state index contributed by atoms with van der Waals surface area (Å²) in [5, 5.41) is 3.32. The Labute approximate surface area is 114 Å². The van der Waals surface area contributed by atoms with Gasteiger partial charge in [0.05, 0.1) is 14.2 Å². The van der Waals surface area contributed by atoms with Gasteiger partial charge in [-0.1, -0.05) is 0 Å². The lowest BCUT2D eigenvalue weighted by Crippen LogP contribution is -2.31. The fourth-order valence-corrected chi connectivity index (χ4v) is 2.10. The van der Waals surface area contributed by atoms with Crippen molar-refractivity contribution in [3.05, 3.63) is 28.8 Å². The molecule has 1 N–H and O–H groups in total. The number of benzene rings is 1. The van der Waals surface area contributed by atoms with Crippen molar-refractivity contribution >= 4 is 5.97 Å². The average Bonchev–Trinajstić information content (AvgIpc) is 3.22. The van der Waals surface area contributed by atoms with Crippen molar-refractivity contribution in [2.75, 3.05) is 14.2 Å². The molecule has 1 aromatic rings. The van der Waals surface area contributed by atoms with Crippen LogP contribution >= 0.6 is 0 Å². The Bertz CT molecular complexity index is 481. The van der Waals surface area contributed by atoms with Crippen LogP contribution in [-0.4, -0.2) is 26.2 Å². The zero-order chi connectivity index (χ0) is 14.0. The molecule has 0 aliphatic heterocycles. The Balaban J connectivity index is 2.38. The molecule has 1 saturated carbocycles. The minimum atomic E-state index is -0.452. The number of rotatable bonds is 5. The Kier molecular flexibility index (Phi) is 4.10. The van der Waals surface area contributed by atoms with Gasteiger partial charge in [0.15, 0.2) is 0 Å². The molecule has 0 radical (unpaired) electrons. The average molecular weight is 263 g/mol. The van der Waals surface area contributed by atoms with E-state index in [1.54, 1.807) is 7.11 Å². The first-order valence-corrected chi connectivity index (χ1v) is 6.55. The quantitative estimate of drug-likeness (QED) is 0.828. The molecule has 104 valence electrons. The van der Waals surface area contributed by atoms with E-state index in [0.717, 1.165) is 35.3 Å². The van der Waals surface area contributed by atoms with E-state index in [1.807, 2.05) is 26.0 Å². The Hall–Kier alpha value is -1.55. The second kappa shape index (κ2) is 5.61. The molecule has 2 rings (SSSR count). The molecule has 1 aromatic carbocycles. The second-order valence-electron chi connectivity index (χ2n) is 5.08. The predicted molar refractivity (Wildman–Crippen MR) is 73.4 cm³/mol. The number of hydrogen-bond donors (Lipinski definition) is 1. The summed E-state index contributed by atoms with van der Waals surface area (Å²) in [5.41, 5.74) is 3.14. The van der Waals surface area contributed by atoms with Crippen LogP contribution in [-0.2, 0) is 9.53 Å². The van der Waals surface area contributed by atoms with E-state index < -0.39 is 6.04 Å². The van der Waals surface area contributed by atoms with Crippen LogP contribution in [0.4, 0.5) is 0 Å². The van der Waals surface area contributed by atoms with Crippen LogP contribution in [0.5, 0.6) is 5.75 Å². The third kappa shape index (κ3) is 3.07. The van der Waals surface area contributed by atoms with Gasteiger partial charge in [0.25, 0.3) is 0 Å². The van der Waals surface area contributed by atoms with Crippen LogP contribution in [0.2, 0.25) is 0 Å². The molecule has 1 unspecified atom stereocenters. The molecular weight excluding hydrogens is 242 g/mol. The molecule has 4 heteroatoms. The number of methoxy groups -OCH3 is 2. The summed E-state index contributed by atoms with van der Waals surface area (Å²) in [6, 6.07) is 3.93. The molecule has 1 fully saturated rings. The first kappa shape index (κ1) is 13.9. The molecule has 0 bridgehead atoms. The van der Waals surface area contributed by atoms with Crippen molar-refractivity contribution in [3.8, 4) is 5.75 Å². The van der Waals surface area contributed by atoms with Crippen LogP contribution in [0.3, 0.4) is 0 Å². The molecule has 0 aromatic heterocycles. The van der Waals surface area contributed by atoms with Gasteiger partial charge in [0.1, 0.15) is 11.8 Å². The summed E-state index contributed by atoms with van der Waals surface area (Å²) in [5.74, 6) is 0.458. The van der Waals surface area contributed by atoms with Crippen LogP contribution in [0.1, 0.15) is 35.6 Å². The second-order valence-corrected chi connectivity index (χ2v) is 5.08. The number of carbonyl (C=O) groups is 1. The Morgan fingerprint density at radius 3 is 2.42 bits per heavy atom. The van der Waals surface area contributed by atoms with E-state index in [2.05, 4.69) is 5.32 Å². The number of ether oxygens (including phenoxy) is 2. The van der Waals surface area contributed by atoms with Gasteiger partial charge in [-0.3, -0.25) is 5.32 Å². The van der Waals surface area contributed by atoms with Gasteiger partial charge in [-0.05, 0) is 49.9 Å². The molecule has 0 heterocycles. The zero-order valence-corrected chi connectivity index (χ0v) is 11.9. The van der Waals surface area contributed by atoms with Gasteiger partial charge in [0.2, 0.25) is 0 Å². The summed E-state index contributed by atoms with van der Waals surface area (Å²) >= 11 is 0. The summed E-state index contributed by atoms with van der Waals surface area (Å²) in [6.45, 7) is 4.06. The fourth-order valence-electron chi connectivity index (χ4n) is 2.10. The van der Waals surface area contributed by atoms with E-state index >= 15 is 0 Å². The van der Waals surface area contributed by atoms with E-state index in [0.29, 0.717) is 6.04 Å². The molecule has 19 heavy (non-hydrogen) atoms. The summed E-state index contributed by atoms with van der Waals surface area (Å²) < 4.78 is 10.3. The minimum absolute atomic E-state index is 0.270. The van der Waals surface area contributed by atoms with Crippen molar-refractivity contribution < 1.29 is 14.3 Å². The van der Waals surface area contributed by atoms with Crippen molar-refractivity contribution in [1.29, 1.82) is 0 Å². The monoisotopic (exact) mass is 263 g/mol. The highest BCUT2D eigenvalue weighted by atomic mass is 16.5. The first-order chi connectivity index (χ1) is 9.06. The number of carbonyl (C=O) groups excluding carboxylic acids is 1. The van der Waals surface area contributed by atoms with Crippen molar-refractivity contribution in [3.63, 3.8) is 0 Å². The highest BCUT2D eigenvalue weighted by Crippen LogP contribution is 2.32. The number of hydrogen-bond acceptors (Lipinski definition) is 4. The maximum Gasteiger partial charge on any atom is 0.327 e. The van der Waals surface area contributed by atoms with Gasteiger partial charge < -0.3 is 9.47 Å². The van der Waals surface area contributed by atoms with Crippen LogP contribution in [0.15, 0.2) is 12.1 Å². The van der Waals surface area contributed by atoms with Crippen LogP contribution in [0.25, 0.3) is 0 Å². The normalized spacial score (nSPS) is 16.0. The predicted octanol–water partition coefficient (Wildman–Crippen LogP) is 2.28. The highest BCUT2D eigenvalue weighted by molar-refractivity contribution is 5.79. The van der Waals surface area contributed by atoms with E-state index in [4.69, 9.17) is 9.47 Å². The van der Waals surface area contributed by atoms with Gasteiger partial charge in [-0.15, -0.1) is 0 Å². The molecule has 1 atom stereocenters. The number of aryl methyl sites for hydroxylation is 2.